The first-order valence-electron chi connectivity index (χ1n) is 7.27. The Hall–Kier alpha value is -2.36. The average Bonchev–Trinajstić information content (AvgIpc) is 3.11. The first-order chi connectivity index (χ1) is 10.9. The first-order valence-corrected chi connectivity index (χ1v) is 8.76. The van der Waals surface area contributed by atoms with Crippen LogP contribution in [-0.2, 0) is 10.0 Å². The molecule has 0 unspecified atom stereocenters. The van der Waals surface area contributed by atoms with E-state index in [1.165, 1.54) is 6.20 Å². The molecule has 3 N–H and O–H groups in total. The minimum atomic E-state index is -3.96. The van der Waals surface area contributed by atoms with Crippen LogP contribution in [0.1, 0.15) is 37.4 Å². The number of aromatic nitrogens is 4. The summed E-state index contributed by atoms with van der Waals surface area (Å²) in [5, 5.41) is 4.29. The lowest BCUT2D eigenvalue weighted by Crippen LogP contribution is -2.26. The molecule has 2 heterocycles. The molecule has 0 aromatic carbocycles. The molecular formula is C13H17N5O4S. The Balaban J connectivity index is 1.93. The fourth-order valence-electron chi connectivity index (χ4n) is 2.77. The molecule has 1 aliphatic carbocycles. The summed E-state index contributed by atoms with van der Waals surface area (Å²) in [7, 11) is -3.96. The van der Waals surface area contributed by atoms with Crippen LogP contribution in [0, 0.1) is 6.92 Å². The Morgan fingerprint density at radius 1 is 1.30 bits per heavy atom. The highest BCUT2D eigenvalue weighted by Gasteiger charge is 2.25. The van der Waals surface area contributed by atoms with Crippen molar-refractivity contribution >= 4 is 15.7 Å². The summed E-state index contributed by atoms with van der Waals surface area (Å²) in [6.45, 7) is 1.61. The van der Waals surface area contributed by atoms with Crippen LogP contribution >= 0.6 is 0 Å². The van der Waals surface area contributed by atoms with Gasteiger partial charge < -0.3 is 4.98 Å². The molecule has 23 heavy (non-hydrogen) atoms. The number of hydrogen-bond acceptors (Lipinski definition) is 5. The van der Waals surface area contributed by atoms with Gasteiger partial charge >= 0.3 is 5.69 Å². The molecule has 3 rings (SSSR count). The summed E-state index contributed by atoms with van der Waals surface area (Å²) in [5.41, 5.74) is -1.40. The first kappa shape index (κ1) is 15.5. The summed E-state index contributed by atoms with van der Waals surface area (Å²) in [4.78, 5) is 26.8. The van der Waals surface area contributed by atoms with E-state index in [-0.39, 0.29) is 16.6 Å². The van der Waals surface area contributed by atoms with Crippen LogP contribution in [0.2, 0.25) is 0 Å². The lowest BCUT2D eigenvalue weighted by atomic mass is 10.3. The second-order valence-corrected chi connectivity index (χ2v) is 7.24. The maximum atomic E-state index is 12.5. The Morgan fingerprint density at radius 3 is 2.65 bits per heavy atom. The quantitative estimate of drug-likeness (QED) is 0.746. The molecule has 10 heteroatoms. The molecule has 0 spiro atoms. The Bertz CT molecular complexity index is 934. The number of rotatable bonds is 4. The van der Waals surface area contributed by atoms with Gasteiger partial charge in [-0.3, -0.25) is 19.2 Å². The third-order valence-electron chi connectivity index (χ3n) is 3.92. The van der Waals surface area contributed by atoms with E-state index in [2.05, 4.69) is 14.8 Å². The second kappa shape index (κ2) is 5.69. The van der Waals surface area contributed by atoms with Crippen molar-refractivity contribution in [3.63, 3.8) is 0 Å². The predicted molar refractivity (Wildman–Crippen MR) is 83.0 cm³/mol. The van der Waals surface area contributed by atoms with E-state index in [9.17, 15) is 18.0 Å². The van der Waals surface area contributed by atoms with Crippen molar-refractivity contribution in [2.24, 2.45) is 0 Å². The van der Waals surface area contributed by atoms with Gasteiger partial charge in [0.2, 0.25) is 0 Å². The molecule has 1 saturated carbocycles. The van der Waals surface area contributed by atoms with Crippen molar-refractivity contribution in [2.75, 3.05) is 4.72 Å². The van der Waals surface area contributed by atoms with Gasteiger partial charge in [0.25, 0.3) is 15.6 Å². The summed E-state index contributed by atoms with van der Waals surface area (Å²) in [6.07, 6.45) is 6.69. The van der Waals surface area contributed by atoms with Gasteiger partial charge in [-0.1, -0.05) is 12.8 Å². The number of nitrogens with zero attached hydrogens (tertiary/aromatic N) is 2. The fourth-order valence-corrected chi connectivity index (χ4v) is 4.00. The van der Waals surface area contributed by atoms with E-state index >= 15 is 0 Å². The molecule has 0 bridgehead atoms. The van der Waals surface area contributed by atoms with Crippen molar-refractivity contribution in [2.45, 2.75) is 43.5 Å². The molecule has 1 aliphatic rings. The molecule has 1 fully saturated rings. The Kier molecular flexibility index (Phi) is 3.84. The third-order valence-corrected chi connectivity index (χ3v) is 5.39. The van der Waals surface area contributed by atoms with Gasteiger partial charge in [0.05, 0.1) is 11.7 Å². The van der Waals surface area contributed by atoms with Crippen LogP contribution in [-0.4, -0.2) is 28.2 Å². The van der Waals surface area contributed by atoms with E-state index in [1.54, 1.807) is 11.6 Å². The normalized spacial score (nSPS) is 15.9. The predicted octanol–water partition coefficient (Wildman–Crippen LogP) is 0.484. The maximum Gasteiger partial charge on any atom is 0.325 e. The molecule has 124 valence electrons. The van der Waals surface area contributed by atoms with Gasteiger partial charge in [-0.05, 0) is 19.8 Å². The highest BCUT2D eigenvalue weighted by molar-refractivity contribution is 7.92. The largest absolute Gasteiger partial charge is 0.325 e. The van der Waals surface area contributed by atoms with Crippen molar-refractivity contribution in [3.05, 3.63) is 38.9 Å². The molecule has 2 aromatic heterocycles. The zero-order valence-electron chi connectivity index (χ0n) is 12.5. The van der Waals surface area contributed by atoms with Crippen molar-refractivity contribution in [1.82, 2.24) is 19.7 Å². The van der Waals surface area contributed by atoms with Crippen LogP contribution in [0.5, 0.6) is 0 Å². The molecule has 2 aromatic rings. The zero-order valence-corrected chi connectivity index (χ0v) is 13.3. The zero-order chi connectivity index (χ0) is 16.6. The van der Waals surface area contributed by atoms with E-state index in [4.69, 9.17) is 0 Å². The van der Waals surface area contributed by atoms with Crippen molar-refractivity contribution in [1.29, 1.82) is 0 Å². The topological polar surface area (TPSA) is 130 Å². The minimum Gasteiger partial charge on any atom is -0.312 e. The van der Waals surface area contributed by atoms with Gasteiger partial charge in [0.1, 0.15) is 10.6 Å². The smallest absolute Gasteiger partial charge is 0.312 e. The molecule has 0 radical (unpaired) electrons. The number of hydrogen-bond donors (Lipinski definition) is 3. The molecule has 9 nitrogen and oxygen atoms in total. The minimum absolute atomic E-state index is 0.0231. The van der Waals surface area contributed by atoms with Crippen molar-refractivity contribution in [3.8, 4) is 0 Å². The SMILES string of the molecule is Cc1nn(C2CCCC2)cc1S(=O)(=O)Nc1c[nH]c(=O)[nH]c1=O. The van der Waals surface area contributed by atoms with Gasteiger partial charge in [0.15, 0.2) is 0 Å². The van der Waals surface area contributed by atoms with Crippen LogP contribution in [0.3, 0.4) is 0 Å². The summed E-state index contributed by atoms with van der Waals surface area (Å²) in [6, 6.07) is 0.217. The summed E-state index contributed by atoms with van der Waals surface area (Å²) >= 11 is 0. The number of aromatic amines is 2. The molecule has 0 amide bonds. The van der Waals surface area contributed by atoms with Crippen LogP contribution in [0.15, 0.2) is 26.9 Å². The van der Waals surface area contributed by atoms with Crippen molar-refractivity contribution < 1.29 is 8.42 Å². The van der Waals surface area contributed by atoms with Gasteiger partial charge in [-0.15, -0.1) is 0 Å². The lowest BCUT2D eigenvalue weighted by Gasteiger charge is -2.08. The number of sulfonamides is 1. The van der Waals surface area contributed by atoms with E-state index < -0.39 is 21.3 Å². The van der Waals surface area contributed by atoms with Crippen LogP contribution < -0.4 is 16.0 Å². The standard InChI is InChI=1S/C13H17N5O4S/c1-8-11(7-18(16-8)9-4-2-3-5-9)23(21,22)17-10-6-14-13(20)15-12(10)19/h6-7,9,17H,2-5H2,1H3,(H2,14,15,19,20). The van der Waals surface area contributed by atoms with E-state index in [0.717, 1.165) is 31.9 Å². The molecule has 0 atom stereocenters. The molecular weight excluding hydrogens is 322 g/mol. The summed E-state index contributed by atoms with van der Waals surface area (Å²) in [5.74, 6) is 0. The monoisotopic (exact) mass is 339 g/mol. The number of aryl methyl sites for hydroxylation is 1. The average molecular weight is 339 g/mol. The maximum absolute atomic E-state index is 12.5. The second-order valence-electron chi connectivity index (χ2n) is 5.59. The third kappa shape index (κ3) is 3.07. The number of anilines is 1. The van der Waals surface area contributed by atoms with Gasteiger partial charge in [-0.25, -0.2) is 13.2 Å². The van der Waals surface area contributed by atoms with Crippen LogP contribution in [0.25, 0.3) is 0 Å². The molecule has 0 saturated heterocycles. The highest BCUT2D eigenvalue weighted by atomic mass is 32.2. The Labute approximate surface area is 131 Å². The van der Waals surface area contributed by atoms with Gasteiger partial charge in [0, 0.05) is 12.4 Å². The summed E-state index contributed by atoms with van der Waals surface area (Å²) < 4.78 is 28.8. The lowest BCUT2D eigenvalue weighted by molar-refractivity contribution is 0.464. The van der Waals surface area contributed by atoms with Crippen LogP contribution in [0.4, 0.5) is 5.69 Å². The van der Waals surface area contributed by atoms with E-state index in [1.807, 2.05) is 4.98 Å². The molecule has 0 aliphatic heterocycles. The van der Waals surface area contributed by atoms with Gasteiger partial charge in [-0.2, -0.15) is 5.10 Å². The fraction of sp³-hybridized carbons (Fsp3) is 0.462. The highest BCUT2D eigenvalue weighted by Crippen LogP contribution is 2.30. The number of nitrogens with one attached hydrogen (secondary N) is 3. The van der Waals surface area contributed by atoms with E-state index in [0.29, 0.717) is 5.69 Å². The number of H-pyrrole nitrogens is 2. The Morgan fingerprint density at radius 2 is 2.00 bits per heavy atom.